The SMILES string of the molecule is Cc1cc(/C=N\NC(=O)C(=O)NCCc2ccccc2)c(C)n1-c1ccc(F)cc1. The van der Waals surface area contributed by atoms with Crippen LogP contribution in [0.25, 0.3) is 5.69 Å². The standard InChI is InChI=1S/C23H23FN4O2/c1-16-14-19(17(2)28(16)21-10-8-20(24)9-11-21)15-26-27-23(30)22(29)25-13-12-18-6-4-3-5-7-18/h3-11,14-15H,12-13H2,1-2H3,(H,25,29)(H,27,30)/b26-15-. The molecular weight excluding hydrogens is 383 g/mol. The van der Waals surface area contributed by atoms with E-state index in [9.17, 15) is 14.0 Å². The van der Waals surface area contributed by atoms with Crippen molar-refractivity contribution in [2.24, 2.45) is 5.10 Å². The molecule has 2 amide bonds. The molecule has 0 bridgehead atoms. The van der Waals surface area contributed by atoms with Crippen molar-refractivity contribution in [1.82, 2.24) is 15.3 Å². The normalized spacial score (nSPS) is 10.9. The predicted molar refractivity (Wildman–Crippen MR) is 114 cm³/mol. The van der Waals surface area contributed by atoms with E-state index in [1.807, 2.05) is 54.8 Å². The average molecular weight is 406 g/mol. The summed E-state index contributed by atoms with van der Waals surface area (Å²) in [6.45, 7) is 4.18. The second kappa shape index (κ2) is 9.65. The minimum absolute atomic E-state index is 0.298. The summed E-state index contributed by atoms with van der Waals surface area (Å²) in [5, 5.41) is 6.46. The zero-order valence-electron chi connectivity index (χ0n) is 16.9. The molecule has 0 aliphatic rings. The maximum Gasteiger partial charge on any atom is 0.329 e. The molecule has 0 aliphatic heterocycles. The molecule has 0 saturated heterocycles. The van der Waals surface area contributed by atoms with Gasteiger partial charge in [0.05, 0.1) is 6.21 Å². The smallest absolute Gasteiger partial charge is 0.329 e. The molecule has 30 heavy (non-hydrogen) atoms. The summed E-state index contributed by atoms with van der Waals surface area (Å²) in [5.41, 5.74) is 6.74. The number of carbonyl (C=O) groups is 2. The highest BCUT2D eigenvalue weighted by atomic mass is 19.1. The lowest BCUT2D eigenvalue weighted by Gasteiger charge is -2.09. The molecule has 3 rings (SSSR count). The molecule has 2 aromatic carbocycles. The van der Waals surface area contributed by atoms with Crippen molar-refractivity contribution in [1.29, 1.82) is 0 Å². The quantitative estimate of drug-likeness (QED) is 0.375. The Kier molecular flexibility index (Phi) is 6.75. The van der Waals surface area contributed by atoms with Gasteiger partial charge in [0.1, 0.15) is 5.82 Å². The van der Waals surface area contributed by atoms with Crippen molar-refractivity contribution in [3.05, 3.63) is 89.0 Å². The van der Waals surface area contributed by atoms with Crippen LogP contribution in [0.5, 0.6) is 0 Å². The van der Waals surface area contributed by atoms with Crippen LogP contribution >= 0.6 is 0 Å². The molecule has 0 fully saturated rings. The first-order valence-electron chi connectivity index (χ1n) is 9.56. The lowest BCUT2D eigenvalue weighted by Crippen LogP contribution is -2.38. The molecule has 0 spiro atoms. The zero-order chi connectivity index (χ0) is 21.5. The van der Waals surface area contributed by atoms with Gasteiger partial charge in [-0.25, -0.2) is 9.82 Å². The lowest BCUT2D eigenvalue weighted by atomic mass is 10.1. The van der Waals surface area contributed by atoms with E-state index >= 15 is 0 Å². The van der Waals surface area contributed by atoms with E-state index in [1.54, 1.807) is 12.1 Å². The van der Waals surface area contributed by atoms with Crippen LogP contribution in [0.1, 0.15) is 22.5 Å². The molecule has 1 heterocycles. The van der Waals surface area contributed by atoms with Crippen molar-refractivity contribution in [2.75, 3.05) is 6.54 Å². The Morgan fingerprint density at radius 3 is 2.43 bits per heavy atom. The van der Waals surface area contributed by atoms with Gasteiger partial charge in [-0.05, 0) is 56.2 Å². The van der Waals surface area contributed by atoms with Gasteiger partial charge in [-0.1, -0.05) is 30.3 Å². The Morgan fingerprint density at radius 2 is 1.73 bits per heavy atom. The fourth-order valence-electron chi connectivity index (χ4n) is 3.16. The van der Waals surface area contributed by atoms with E-state index < -0.39 is 11.8 Å². The molecule has 0 saturated carbocycles. The summed E-state index contributed by atoms with van der Waals surface area (Å²) in [5.74, 6) is -1.86. The highest BCUT2D eigenvalue weighted by Gasteiger charge is 2.13. The van der Waals surface area contributed by atoms with Gasteiger partial charge in [0.2, 0.25) is 0 Å². The minimum Gasteiger partial charge on any atom is -0.347 e. The van der Waals surface area contributed by atoms with Crippen LogP contribution in [0.2, 0.25) is 0 Å². The highest BCUT2D eigenvalue weighted by Crippen LogP contribution is 2.20. The van der Waals surface area contributed by atoms with E-state index in [0.717, 1.165) is 28.2 Å². The number of rotatable bonds is 6. The first-order chi connectivity index (χ1) is 14.5. The fraction of sp³-hybridized carbons (Fsp3) is 0.174. The molecule has 1 aromatic heterocycles. The third-order valence-electron chi connectivity index (χ3n) is 4.67. The average Bonchev–Trinajstić information content (AvgIpc) is 3.02. The number of hydrogen-bond acceptors (Lipinski definition) is 3. The summed E-state index contributed by atoms with van der Waals surface area (Å²) in [4.78, 5) is 23.8. The Bertz CT molecular complexity index is 1060. The molecule has 0 atom stereocenters. The summed E-state index contributed by atoms with van der Waals surface area (Å²) >= 11 is 0. The number of hydrogen-bond donors (Lipinski definition) is 2. The van der Waals surface area contributed by atoms with Gasteiger partial charge >= 0.3 is 11.8 Å². The van der Waals surface area contributed by atoms with Crippen LogP contribution in [0.15, 0.2) is 65.8 Å². The summed E-state index contributed by atoms with van der Waals surface area (Å²) in [6, 6.07) is 17.8. The van der Waals surface area contributed by atoms with Crippen LogP contribution in [0.4, 0.5) is 4.39 Å². The molecular formula is C23H23FN4O2. The maximum atomic E-state index is 13.2. The topological polar surface area (TPSA) is 75.5 Å². The van der Waals surface area contributed by atoms with Crippen molar-refractivity contribution in [2.45, 2.75) is 20.3 Å². The molecule has 154 valence electrons. The maximum absolute atomic E-state index is 13.2. The van der Waals surface area contributed by atoms with E-state index in [0.29, 0.717) is 13.0 Å². The first-order valence-corrected chi connectivity index (χ1v) is 9.56. The Labute approximate surface area is 174 Å². The number of aryl methyl sites for hydroxylation is 1. The van der Waals surface area contributed by atoms with Gasteiger partial charge in [0.15, 0.2) is 0 Å². The van der Waals surface area contributed by atoms with Gasteiger partial charge < -0.3 is 9.88 Å². The number of aromatic nitrogens is 1. The van der Waals surface area contributed by atoms with Crippen LogP contribution in [-0.4, -0.2) is 29.1 Å². The van der Waals surface area contributed by atoms with Crippen LogP contribution in [0, 0.1) is 19.7 Å². The summed E-state index contributed by atoms with van der Waals surface area (Å²) in [6.07, 6.45) is 2.12. The fourth-order valence-corrected chi connectivity index (χ4v) is 3.16. The Morgan fingerprint density at radius 1 is 1.03 bits per heavy atom. The molecule has 0 aliphatic carbocycles. The number of nitrogens with one attached hydrogen (secondary N) is 2. The number of benzene rings is 2. The Balaban J connectivity index is 1.55. The second-order valence-electron chi connectivity index (χ2n) is 6.83. The molecule has 2 N–H and O–H groups in total. The van der Waals surface area contributed by atoms with Gasteiger partial charge in [0.25, 0.3) is 0 Å². The molecule has 7 heteroatoms. The van der Waals surface area contributed by atoms with Gasteiger partial charge in [-0.2, -0.15) is 5.10 Å². The molecule has 6 nitrogen and oxygen atoms in total. The van der Waals surface area contributed by atoms with Crippen molar-refractivity contribution >= 4 is 18.0 Å². The molecule has 0 unspecified atom stereocenters. The van der Waals surface area contributed by atoms with Crippen molar-refractivity contribution < 1.29 is 14.0 Å². The zero-order valence-corrected chi connectivity index (χ0v) is 16.9. The second-order valence-corrected chi connectivity index (χ2v) is 6.83. The van der Waals surface area contributed by atoms with Crippen molar-refractivity contribution in [3.63, 3.8) is 0 Å². The molecule has 3 aromatic rings. The number of carbonyl (C=O) groups excluding carboxylic acids is 2. The monoisotopic (exact) mass is 406 g/mol. The Hall–Kier alpha value is -3.74. The van der Waals surface area contributed by atoms with Gasteiger partial charge in [0, 0.05) is 29.2 Å². The van der Waals surface area contributed by atoms with E-state index in [1.165, 1.54) is 18.3 Å². The van der Waals surface area contributed by atoms with E-state index in [4.69, 9.17) is 0 Å². The van der Waals surface area contributed by atoms with Crippen LogP contribution < -0.4 is 10.7 Å². The lowest BCUT2D eigenvalue weighted by molar-refractivity contribution is -0.139. The van der Waals surface area contributed by atoms with E-state index in [-0.39, 0.29) is 5.82 Å². The van der Waals surface area contributed by atoms with Crippen LogP contribution in [0.3, 0.4) is 0 Å². The number of halogens is 1. The van der Waals surface area contributed by atoms with Crippen LogP contribution in [-0.2, 0) is 16.0 Å². The minimum atomic E-state index is -0.827. The third kappa shape index (κ3) is 5.20. The highest BCUT2D eigenvalue weighted by molar-refractivity contribution is 6.35. The first kappa shape index (κ1) is 21.0. The summed E-state index contributed by atoms with van der Waals surface area (Å²) < 4.78 is 15.1. The van der Waals surface area contributed by atoms with Gasteiger partial charge in [-0.3, -0.25) is 9.59 Å². The number of hydrazone groups is 1. The molecule has 0 radical (unpaired) electrons. The largest absolute Gasteiger partial charge is 0.347 e. The van der Waals surface area contributed by atoms with Crippen molar-refractivity contribution in [3.8, 4) is 5.69 Å². The number of amides is 2. The van der Waals surface area contributed by atoms with E-state index in [2.05, 4.69) is 15.8 Å². The summed E-state index contributed by atoms with van der Waals surface area (Å²) in [7, 11) is 0. The third-order valence-corrected chi connectivity index (χ3v) is 4.67. The van der Waals surface area contributed by atoms with Gasteiger partial charge in [-0.15, -0.1) is 0 Å². The predicted octanol–water partition coefficient (Wildman–Crippen LogP) is 3.04. The number of nitrogens with zero attached hydrogens (tertiary/aromatic N) is 2.